The van der Waals surface area contributed by atoms with Crippen LogP contribution < -0.4 is 5.32 Å². The molecule has 12 heavy (non-hydrogen) atoms. The van der Waals surface area contributed by atoms with Crippen molar-refractivity contribution in [2.75, 3.05) is 20.1 Å². The van der Waals surface area contributed by atoms with Crippen molar-refractivity contribution in [1.82, 2.24) is 10.2 Å². The van der Waals surface area contributed by atoms with Crippen LogP contribution in [0.1, 0.15) is 26.2 Å². The Morgan fingerprint density at radius 3 is 2.42 bits per heavy atom. The van der Waals surface area contributed by atoms with Gasteiger partial charge in [0, 0.05) is 25.2 Å². The third-order valence-electron chi connectivity index (χ3n) is 3.44. The highest BCUT2D eigenvalue weighted by Gasteiger charge is 2.36. The van der Waals surface area contributed by atoms with Gasteiger partial charge in [-0.15, -0.1) is 0 Å². The van der Waals surface area contributed by atoms with Gasteiger partial charge in [-0.25, -0.2) is 0 Å². The van der Waals surface area contributed by atoms with Crippen LogP contribution >= 0.6 is 0 Å². The van der Waals surface area contributed by atoms with E-state index in [2.05, 4.69) is 24.2 Å². The average Bonchev–Trinajstić information content (AvgIpc) is 2.68. The van der Waals surface area contributed by atoms with Crippen molar-refractivity contribution in [2.24, 2.45) is 5.92 Å². The summed E-state index contributed by atoms with van der Waals surface area (Å²) in [5.41, 5.74) is 0. The summed E-state index contributed by atoms with van der Waals surface area (Å²) in [5, 5.41) is 3.34. The quantitative estimate of drug-likeness (QED) is 0.675. The average molecular weight is 168 g/mol. The van der Waals surface area contributed by atoms with Crippen LogP contribution in [0.15, 0.2) is 0 Å². The van der Waals surface area contributed by atoms with Gasteiger partial charge in [-0.3, -0.25) is 4.90 Å². The summed E-state index contributed by atoms with van der Waals surface area (Å²) >= 11 is 0. The van der Waals surface area contributed by atoms with E-state index in [-0.39, 0.29) is 0 Å². The summed E-state index contributed by atoms with van der Waals surface area (Å²) < 4.78 is 0. The standard InChI is InChI=1S/C10H20N2/c1-3-10(8-4-5-8)12(2)9-6-11-7-9/h8-11H,3-7H2,1-2H3. The summed E-state index contributed by atoms with van der Waals surface area (Å²) in [5.74, 6) is 1.03. The normalized spacial score (nSPS) is 27.2. The first-order chi connectivity index (χ1) is 5.83. The molecular weight excluding hydrogens is 148 g/mol. The fourth-order valence-electron chi connectivity index (χ4n) is 2.27. The summed E-state index contributed by atoms with van der Waals surface area (Å²) in [6.07, 6.45) is 4.28. The summed E-state index contributed by atoms with van der Waals surface area (Å²) in [7, 11) is 2.30. The van der Waals surface area contributed by atoms with Gasteiger partial charge >= 0.3 is 0 Å². The van der Waals surface area contributed by atoms with Crippen molar-refractivity contribution < 1.29 is 0 Å². The number of hydrogen-bond acceptors (Lipinski definition) is 2. The van der Waals surface area contributed by atoms with E-state index in [1.807, 2.05) is 0 Å². The number of hydrogen-bond donors (Lipinski definition) is 1. The molecule has 0 amide bonds. The van der Waals surface area contributed by atoms with Gasteiger partial charge in [0.2, 0.25) is 0 Å². The number of rotatable bonds is 4. The molecule has 2 rings (SSSR count). The minimum absolute atomic E-state index is 0.829. The zero-order valence-corrected chi connectivity index (χ0v) is 8.21. The second-order valence-electron chi connectivity index (χ2n) is 4.29. The fourth-order valence-corrected chi connectivity index (χ4v) is 2.27. The largest absolute Gasteiger partial charge is 0.314 e. The van der Waals surface area contributed by atoms with Crippen LogP contribution in [0.25, 0.3) is 0 Å². The highest BCUT2D eigenvalue weighted by molar-refractivity contribution is 4.92. The molecule has 2 nitrogen and oxygen atoms in total. The van der Waals surface area contributed by atoms with Crippen molar-refractivity contribution in [3.05, 3.63) is 0 Å². The Kier molecular flexibility index (Phi) is 2.37. The molecule has 1 atom stereocenters. The SMILES string of the molecule is CCC(C1CC1)N(C)C1CNC1. The zero-order chi connectivity index (χ0) is 8.55. The number of nitrogens with one attached hydrogen (secondary N) is 1. The zero-order valence-electron chi connectivity index (χ0n) is 8.21. The lowest BCUT2D eigenvalue weighted by Gasteiger charge is -2.40. The molecule has 0 aromatic heterocycles. The first kappa shape index (κ1) is 8.52. The van der Waals surface area contributed by atoms with Crippen molar-refractivity contribution in [1.29, 1.82) is 0 Å². The molecule has 0 spiro atoms. The van der Waals surface area contributed by atoms with Gasteiger partial charge in [-0.1, -0.05) is 6.92 Å². The van der Waals surface area contributed by atoms with Gasteiger partial charge < -0.3 is 5.32 Å². The predicted molar refractivity (Wildman–Crippen MR) is 51.2 cm³/mol. The Morgan fingerprint density at radius 2 is 2.08 bits per heavy atom. The molecule has 0 aromatic rings. The maximum atomic E-state index is 3.34. The van der Waals surface area contributed by atoms with Crippen molar-refractivity contribution in [3.8, 4) is 0 Å². The lowest BCUT2D eigenvalue weighted by molar-refractivity contribution is 0.111. The highest BCUT2D eigenvalue weighted by Crippen LogP contribution is 2.37. The Bertz CT molecular complexity index is 150. The van der Waals surface area contributed by atoms with E-state index >= 15 is 0 Å². The highest BCUT2D eigenvalue weighted by atomic mass is 15.2. The first-order valence-corrected chi connectivity index (χ1v) is 5.25. The van der Waals surface area contributed by atoms with Gasteiger partial charge in [0.25, 0.3) is 0 Å². The van der Waals surface area contributed by atoms with Crippen LogP contribution in [0.2, 0.25) is 0 Å². The number of likely N-dealkylation sites (N-methyl/N-ethyl adjacent to an activating group) is 1. The molecule has 0 radical (unpaired) electrons. The first-order valence-electron chi connectivity index (χ1n) is 5.25. The van der Waals surface area contributed by atoms with Crippen LogP contribution in [-0.2, 0) is 0 Å². The van der Waals surface area contributed by atoms with E-state index in [9.17, 15) is 0 Å². The van der Waals surface area contributed by atoms with E-state index in [4.69, 9.17) is 0 Å². The molecule has 70 valence electrons. The second kappa shape index (κ2) is 3.35. The van der Waals surface area contributed by atoms with E-state index < -0.39 is 0 Å². The van der Waals surface area contributed by atoms with Gasteiger partial charge in [0.05, 0.1) is 0 Å². The van der Waals surface area contributed by atoms with Crippen molar-refractivity contribution >= 4 is 0 Å². The van der Waals surface area contributed by atoms with E-state index in [0.29, 0.717) is 0 Å². The molecule has 1 aliphatic carbocycles. The molecular formula is C10H20N2. The van der Waals surface area contributed by atoms with Crippen molar-refractivity contribution in [2.45, 2.75) is 38.3 Å². The Balaban J connectivity index is 1.85. The Labute approximate surface area is 75.3 Å². The predicted octanol–water partition coefficient (Wildman–Crippen LogP) is 1.08. The second-order valence-corrected chi connectivity index (χ2v) is 4.29. The minimum Gasteiger partial charge on any atom is -0.314 e. The maximum Gasteiger partial charge on any atom is 0.0345 e. The van der Waals surface area contributed by atoms with Crippen LogP contribution in [0, 0.1) is 5.92 Å². The topological polar surface area (TPSA) is 15.3 Å². The van der Waals surface area contributed by atoms with Crippen LogP contribution in [0.3, 0.4) is 0 Å². The lowest BCUT2D eigenvalue weighted by Crippen LogP contribution is -2.58. The smallest absolute Gasteiger partial charge is 0.0345 e. The summed E-state index contributed by atoms with van der Waals surface area (Å²) in [6.45, 7) is 4.74. The van der Waals surface area contributed by atoms with E-state index in [0.717, 1.165) is 18.0 Å². The molecule has 1 saturated carbocycles. The summed E-state index contributed by atoms with van der Waals surface area (Å²) in [6, 6.07) is 1.70. The van der Waals surface area contributed by atoms with Gasteiger partial charge in [-0.05, 0) is 32.2 Å². The van der Waals surface area contributed by atoms with Crippen LogP contribution in [0.5, 0.6) is 0 Å². The molecule has 2 aliphatic rings. The molecule has 2 heteroatoms. The number of nitrogens with zero attached hydrogens (tertiary/aromatic N) is 1. The third kappa shape index (κ3) is 1.50. The molecule has 1 N–H and O–H groups in total. The van der Waals surface area contributed by atoms with E-state index in [1.165, 1.54) is 32.4 Å². The monoisotopic (exact) mass is 168 g/mol. The molecule has 0 bridgehead atoms. The molecule has 1 saturated heterocycles. The fraction of sp³-hybridized carbons (Fsp3) is 1.00. The Hall–Kier alpha value is -0.0800. The van der Waals surface area contributed by atoms with E-state index in [1.54, 1.807) is 0 Å². The molecule has 1 aliphatic heterocycles. The summed E-state index contributed by atoms with van der Waals surface area (Å²) in [4.78, 5) is 2.61. The molecule has 1 unspecified atom stereocenters. The third-order valence-corrected chi connectivity index (χ3v) is 3.44. The van der Waals surface area contributed by atoms with Crippen molar-refractivity contribution in [3.63, 3.8) is 0 Å². The molecule has 2 fully saturated rings. The van der Waals surface area contributed by atoms with Crippen LogP contribution in [-0.4, -0.2) is 37.1 Å². The molecule has 0 aromatic carbocycles. The van der Waals surface area contributed by atoms with Gasteiger partial charge in [-0.2, -0.15) is 0 Å². The maximum absolute atomic E-state index is 3.34. The minimum atomic E-state index is 0.829. The lowest BCUT2D eigenvalue weighted by atomic mass is 10.0. The Morgan fingerprint density at radius 1 is 1.42 bits per heavy atom. The van der Waals surface area contributed by atoms with Crippen LogP contribution in [0.4, 0.5) is 0 Å². The van der Waals surface area contributed by atoms with Gasteiger partial charge in [0.15, 0.2) is 0 Å². The van der Waals surface area contributed by atoms with Gasteiger partial charge in [0.1, 0.15) is 0 Å². The molecule has 1 heterocycles.